The van der Waals surface area contributed by atoms with Crippen LogP contribution in [0.1, 0.15) is 23.0 Å². The monoisotopic (exact) mass is 334 g/mol. The van der Waals surface area contributed by atoms with Crippen molar-refractivity contribution in [3.05, 3.63) is 52.3 Å². The molecule has 4 nitrogen and oxygen atoms in total. The molecule has 1 aromatic carbocycles. The first-order valence-electron chi connectivity index (χ1n) is 6.26. The van der Waals surface area contributed by atoms with Crippen LogP contribution in [0, 0.1) is 6.92 Å². The summed E-state index contributed by atoms with van der Waals surface area (Å²) in [6.07, 6.45) is 1.60. The summed E-state index contributed by atoms with van der Waals surface area (Å²) in [5.41, 5.74) is 2.08. The van der Waals surface area contributed by atoms with Crippen molar-refractivity contribution in [2.24, 2.45) is 0 Å². The number of benzene rings is 1. The molecule has 0 spiro atoms. The molecule has 5 heteroatoms. The molecule has 0 radical (unpaired) electrons. The maximum Gasteiger partial charge on any atom is 0.274 e. The van der Waals surface area contributed by atoms with E-state index in [1.807, 2.05) is 32.0 Å². The van der Waals surface area contributed by atoms with Crippen molar-refractivity contribution in [2.45, 2.75) is 13.8 Å². The molecule has 0 fully saturated rings. The highest BCUT2D eigenvalue weighted by molar-refractivity contribution is 9.10. The average Bonchev–Trinajstić information content (AvgIpc) is 2.43. The molecule has 0 saturated heterocycles. The highest BCUT2D eigenvalue weighted by atomic mass is 79.9. The lowest BCUT2D eigenvalue weighted by Gasteiger charge is -2.10. The first-order chi connectivity index (χ1) is 9.60. The number of rotatable bonds is 4. The second-order valence-corrected chi connectivity index (χ2v) is 5.14. The van der Waals surface area contributed by atoms with Gasteiger partial charge in [-0.2, -0.15) is 0 Å². The van der Waals surface area contributed by atoms with Gasteiger partial charge in [0.15, 0.2) is 0 Å². The van der Waals surface area contributed by atoms with Crippen LogP contribution in [-0.2, 0) is 0 Å². The topological polar surface area (TPSA) is 51.2 Å². The van der Waals surface area contributed by atoms with Gasteiger partial charge in [0.1, 0.15) is 11.4 Å². The number of aromatic nitrogens is 1. The smallest absolute Gasteiger partial charge is 0.274 e. The van der Waals surface area contributed by atoms with Gasteiger partial charge in [-0.05, 0) is 65.7 Å². The third kappa shape index (κ3) is 3.57. The number of hydrogen-bond acceptors (Lipinski definition) is 3. The van der Waals surface area contributed by atoms with Crippen LogP contribution >= 0.6 is 15.9 Å². The van der Waals surface area contributed by atoms with Gasteiger partial charge >= 0.3 is 0 Å². The van der Waals surface area contributed by atoms with Crippen molar-refractivity contribution >= 4 is 27.5 Å². The van der Waals surface area contributed by atoms with E-state index in [0.29, 0.717) is 12.3 Å². The lowest BCUT2D eigenvalue weighted by atomic mass is 10.2. The Hall–Kier alpha value is -1.88. The molecule has 1 amide bonds. The summed E-state index contributed by atoms with van der Waals surface area (Å²) in [4.78, 5) is 16.1. The lowest BCUT2D eigenvalue weighted by Crippen LogP contribution is -2.14. The Morgan fingerprint density at radius 2 is 2.15 bits per heavy atom. The quantitative estimate of drug-likeness (QED) is 0.925. The number of amides is 1. The summed E-state index contributed by atoms with van der Waals surface area (Å²) < 4.78 is 6.25. The summed E-state index contributed by atoms with van der Waals surface area (Å²) >= 11 is 3.29. The summed E-state index contributed by atoms with van der Waals surface area (Å²) in [6, 6.07) is 9.02. The van der Waals surface area contributed by atoms with E-state index in [1.54, 1.807) is 18.3 Å². The fraction of sp³-hybridized carbons (Fsp3) is 0.200. The standard InChI is InChI=1S/C15H15BrN2O2/c1-3-20-12-5-7-13(10(2)8-12)18-15(19)14-6-4-11(16)9-17-14/h4-9H,3H2,1-2H3,(H,18,19). The summed E-state index contributed by atoms with van der Waals surface area (Å²) in [5.74, 6) is 0.564. The Balaban J connectivity index is 2.13. The van der Waals surface area contributed by atoms with Crippen molar-refractivity contribution in [3.8, 4) is 5.75 Å². The fourth-order valence-corrected chi connectivity index (χ4v) is 1.96. The Labute approximate surface area is 126 Å². The number of hydrogen-bond donors (Lipinski definition) is 1. The molecule has 0 atom stereocenters. The maximum absolute atomic E-state index is 12.1. The van der Waals surface area contributed by atoms with Crippen LogP contribution in [0.25, 0.3) is 0 Å². The largest absolute Gasteiger partial charge is 0.494 e. The number of pyridine rings is 1. The van der Waals surface area contributed by atoms with E-state index in [2.05, 4.69) is 26.2 Å². The van der Waals surface area contributed by atoms with Crippen LogP contribution in [-0.4, -0.2) is 17.5 Å². The summed E-state index contributed by atoms with van der Waals surface area (Å²) in [7, 11) is 0. The van der Waals surface area contributed by atoms with Crippen molar-refractivity contribution in [1.29, 1.82) is 0 Å². The van der Waals surface area contributed by atoms with Gasteiger partial charge in [0.25, 0.3) is 5.91 Å². The number of ether oxygens (including phenoxy) is 1. The Kier molecular flexibility index (Phi) is 4.74. The van der Waals surface area contributed by atoms with E-state index in [9.17, 15) is 4.79 Å². The van der Waals surface area contributed by atoms with Crippen LogP contribution in [0.3, 0.4) is 0 Å². The number of carbonyl (C=O) groups is 1. The molecule has 1 aromatic heterocycles. The number of nitrogens with one attached hydrogen (secondary N) is 1. The van der Waals surface area contributed by atoms with E-state index >= 15 is 0 Å². The number of nitrogens with zero attached hydrogens (tertiary/aromatic N) is 1. The molecule has 20 heavy (non-hydrogen) atoms. The molecular formula is C15H15BrN2O2. The highest BCUT2D eigenvalue weighted by Crippen LogP contribution is 2.22. The Morgan fingerprint density at radius 1 is 1.35 bits per heavy atom. The molecule has 1 heterocycles. The molecule has 0 saturated carbocycles. The molecule has 104 valence electrons. The Bertz CT molecular complexity index is 612. The zero-order chi connectivity index (χ0) is 14.5. The molecule has 0 aliphatic heterocycles. The first-order valence-corrected chi connectivity index (χ1v) is 7.06. The molecule has 0 aliphatic carbocycles. The van der Waals surface area contributed by atoms with Crippen molar-refractivity contribution < 1.29 is 9.53 Å². The van der Waals surface area contributed by atoms with Gasteiger partial charge in [0.2, 0.25) is 0 Å². The third-order valence-electron chi connectivity index (χ3n) is 2.72. The van der Waals surface area contributed by atoms with Crippen LogP contribution in [0.4, 0.5) is 5.69 Å². The lowest BCUT2D eigenvalue weighted by molar-refractivity contribution is 0.102. The van der Waals surface area contributed by atoms with Crippen LogP contribution < -0.4 is 10.1 Å². The number of halogens is 1. The van der Waals surface area contributed by atoms with E-state index in [4.69, 9.17) is 4.74 Å². The van der Waals surface area contributed by atoms with Gasteiger partial charge in [-0.25, -0.2) is 4.98 Å². The zero-order valence-electron chi connectivity index (χ0n) is 11.3. The normalized spacial score (nSPS) is 10.2. The van der Waals surface area contributed by atoms with Gasteiger partial charge < -0.3 is 10.1 Å². The molecule has 1 N–H and O–H groups in total. The number of anilines is 1. The number of aryl methyl sites for hydroxylation is 1. The Morgan fingerprint density at radius 3 is 2.75 bits per heavy atom. The molecule has 0 unspecified atom stereocenters. The van der Waals surface area contributed by atoms with Crippen LogP contribution in [0.2, 0.25) is 0 Å². The van der Waals surface area contributed by atoms with Gasteiger partial charge in [0, 0.05) is 16.4 Å². The maximum atomic E-state index is 12.1. The minimum absolute atomic E-state index is 0.232. The predicted molar refractivity (Wildman–Crippen MR) is 82.2 cm³/mol. The average molecular weight is 335 g/mol. The zero-order valence-corrected chi connectivity index (χ0v) is 12.9. The predicted octanol–water partition coefficient (Wildman–Crippen LogP) is 3.80. The minimum atomic E-state index is -0.232. The van der Waals surface area contributed by atoms with E-state index in [-0.39, 0.29) is 5.91 Å². The van der Waals surface area contributed by atoms with Crippen molar-refractivity contribution in [1.82, 2.24) is 4.98 Å². The van der Waals surface area contributed by atoms with Crippen molar-refractivity contribution in [3.63, 3.8) is 0 Å². The van der Waals surface area contributed by atoms with Gasteiger partial charge in [0.05, 0.1) is 6.61 Å². The summed E-state index contributed by atoms with van der Waals surface area (Å²) in [6.45, 7) is 4.48. The second kappa shape index (κ2) is 6.52. The van der Waals surface area contributed by atoms with Gasteiger partial charge in [-0.15, -0.1) is 0 Å². The van der Waals surface area contributed by atoms with E-state index in [1.165, 1.54) is 0 Å². The van der Waals surface area contributed by atoms with Crippen LogP contribution in [0.5, 0.6) is 5.75 Å². The van der Waals surface area contributed by atoms with E-state index in [0.717, 1.165) is 21.5 Å². The first kappa shape index (κ1) is 14.5. The number of carbonyl (C=O) groups excluding carboxylic acids is 1. The fourth-order valence-electron chi connectivity index (χ4n) is 1.73. The molecule has 2 rings (SSSR count). The molecule has 2 aromatic rings. The molecule has 0 bridgehead atoms. The third-order valence-corrected chi connectivity index (χ3v) is 3.19. The highest BCUT2D eigenvalue weighted by Gasteiger charge is 2.09. The van der Waals surface area contributed by atoms with Crippen molar-refractivity contribution in [2.75, 3.05) is 11.9 Å². The van der Waals surface area contributed by atoms with E-state index < -0.39 is 0 Å². The second-order valence-electron chi connectivity index (χ2n) is 4.23. The minimum Gasteiger partial charge on any atom is -0.494 e. The van der Waals surface area contributed by atoms with Gasteiger partial charge in [-0.3, -0.25) is 4.79 Å². The molecule has 0 aliphatic rings. The summed E-state index contributed by atoms with van der Waals surface area (Å²) in [5, 5.41) is 2.84. The SMILES string of the molecule is CCOc1ccc(NC(=O)c2ccc(Br)cn2)c(C)c1. The van der Waals surface area contributed by atoms with Gasteiger partial charge in [-0.1, -0.05) is 0 Å². The van der Waals surface area contributed by atoms with Crippen LogP contribution in [0.15, 0.2) is 41.0 Å². The molecular weight excluding hydrogens is 320 g/mol.